The number of primary amides is 1. The zero-order valence-corrected chi connectivity index (χ0v) is 20.1. The molecule has 166 valence electrons. The van der Waals surface area contributed by atoms with Crippen LogP contribution in [0.3, 0.4) is 0 Å². The minimum absolute atomic E-state index is 0.0744. The van der Waals surface area contributed by atoms with E-state index in [2.05, 4.69) is 5.32 Å². The number of nitrogens with zero attached hydrogens (tertiary/aromatic N) is 1. The van der Waals surface area contributed by atoms with Crippen molar-refractivity contribution in [3.63, 3.8) is 0 Å². The lowest BCUT2D eigenvalue weighted by Crippen LogP contribution is -2.31. The number of carbonyl (C=O) groups excluding carboxylic acids is 3. The van der Waals surface area contributed by atoms with Gasteiger partial charge in [-0.1, -0.05) is 53.8 Å². The highest BCUT2D eigenvalue weighted by molar-refractivity contribution is 8.26. The minimum Gasteiger partial charge on any atom is -0.365 e. The maximum Gasteiger partial charge on any atom is 0.266 e. The fourth-order valence-electron chi connectivity index (χ4n) is 3.82. The van der Waals surface area contributed by atoms with E-state index in [1.54, 1.807) is 0 Å². The second-order valence-corrected chi connectivity index (χ2v) is 10.6. The first-order valence-corrected chi connectivity index (χ1v) is 12.4. The predicted molar refractivity (Wildman–Crippen MR) is 134 cm³/mol. The Morgan fingerprint density at radius 2 is 1.94 bits per heavy atom. The summed E-state index contributed by atoms with van der Waals surface area (Å²) in [5, 5.41) is 3.35. The molecule has 1 saturated heterocycles. The predicted octanol–water partition coefficient (Wildman–Crippen LogP) is 4.26. The highest BCUT2D eigenvalue weighted by Crippen LogP contribution is 2.38. The molecule has 4 rings (SSSR count). The van der Waals surface area contributed by atoms with Crippen molar-refractivity contribution in [2.45, 2.75) is 39.0 Å². The zero-order chi connectivity index (χ0) is 22.8. The Hall–Kier alpha value is -2.49. The first-order chi connectivity index (χ1) is 15.3. The standard InChI is InChI=1S/C23H23N3O3S3/c1-13-6-8-14(9-7-13)12-17-22(29)26(23(30)32-17)11-10-18(27)25-21-19(20(24)28)15-4-2-3-5-16(15)31-21/h6-9,12H,2-5,10-11H2,1H3,(H2,24,28)(H,25,27)/b17-12-. The topological polar surface area (TPSA) is 92.5 Å². The van der Waals surface area contributed by atoms with Gasteiger partial charge in [0.1, 0.15) is 9.32 Å². The van der Waals surface area contributed by atoms with Gasteiger partial charge >= 0.3 is 0 Å². The lowest BCUT2D eigenvalue weighted by molar-refractivity contribution is -0.122. The van der Waals surface area contributed by atoms with E-state index in [9.17, 15) is 14.4 Å². The SMILES string of the molecule is Cc1ccc(/C=C2\SC(=S)N(CCC(=O)Nc3sc4c(c3C(N)=O)CCCC4)C2=O)cc1. The van der Waals surface area contributed by atoms with Crippen LogP contribution in [0.1, 0.15) is 51.2 Å². The molecule has 1 fully saturated rings. The van der Waals surface area contributed by atoms with Gasteiger partial charge in [-0.05, 0) is 49.8 Å². The molecule has 1 aromatic heterocycles. The number of amides is 3. The number of rotatable bonds is 6. The summed E-state index contributed by atoms with van der Waals surface area (Å²) in [7, 11) is 0. The second-order valence-electron chi connectivity index (χ2n) is 7.82. The van der Waals surface area contributed by atoms with Crippen LogP contribution < -0.4 is 11.1 Å². The fraction of sp³-hybridized carbons (Fsp3) is 0.304. The van der Waals surface area contributed by atoms with Crippen molar-refractivity contribution in [2.24, 2.45) is 5.73 Å². The number of thiocarbonyl (C=S) groups is 1. The molecule has 1 aliphatic carbocycles. The Bertz CT molecular complexity index is 1140. The number of hydrogen-bond donors (Lipinski definition) is 2. The third-order valence-electron chi connectivity index (χ3n) is 5.48. The summed E-state index contributed by atoms with van der Waals surface area (Å²) in [6.45, 7) is 2.19. The van der Waals surface area contributed by atoms with E-state index in [-0.39, 0.29) is 24.8 Å². The molecular weight excluding hydrogens is 462 g/mol. The van der Waals surface area contributed by atoms with Crippen LogP contribution >= 0.6 is 35.3 Å². The first-order valence-electron chi connectivity index (χ1n) is 10.4. The Morgan fingerprint density at radius 1 is 1.22 bits per heavy atom. The van der Waals surface area contributed by atoms with Crippen LogP contribution in [0.15, 0.2) is 29.2 Å². The number of benzene rings is 1. The third kappa shape index (κ3) is 4.79. The van der Waals surface area contributed by atoms with E-state index in [0.29, 0.717) is 19.8 Å². The summed E-state index contributed by atoms with van der Waals surface area (Å²) in [6.07, 6.45) is 5.69. The van der Waals surface area contributed by atoms with Crippen molar-refractivity contribution in [1.29, 1.82) is 0 Å². The molecule has 1 aliphatic heterocycles. The largest absolute Gasteiger partial charge is 0.365 e. The summed E-state index contributed by atoms with van der Waals surface area (Å²) in [5.74, 6) is -0.988. The van der Waals surface area contributed by atoms with E-state index in [1.807, 2.05) is 37.3 Å². The van der Waals surface area contributed by atoms with Gasteiger partial charge in [-0.3, -0.25) is 19.3 Å². The molecule has 0 radical (unpaired) electrons. The molecule has 0 saturated carbocycles. The Kier molecular flexibility index (Phi) is 6.78. The molecule has 3 N–H and O–H groups in total. The van der Waals surface area contributed by atoms with Gasteiger partial charge in [0.05, 0.1) is 10.5 Å². The van der Waals surface area contributed by atoms with Crippen LogP contribution in [0.25, 0.3) is 6.08 Å². The Morgan fingerprint density at radius 3 is 2.66 bits per heavy atom. The lowest BCUT2D eigenvalue weighted by Gasteiger charge is -2.14. The van der Waals surface area contributed by atoms with Crippen LogP contribution in [0.5, 0.6) is 0 Å². The highest BCUT2D eigenvalue weighted by atomic mass is 32.2. The number of thiophene rings is 1. The molecular formula is C23H23N3O3S3. The number of aryl methyl sites for hydroxylation is 2. The monoisotopic (exact) mass is 485 g/mol. The highest BCUT2D eigenvalue weighted by Gasteiger charge is 2.32. The van der Waals surface area contributed by atoms with E-state index in [0.717, 1.165) is 47.3 Å². The van der Waals surface area contributed by atoms with E-state index in [4.69, 9.17) is 18.0 Å². The summed E-state index contributed by atoms with van der Waals surface area (Å²) < 4.78 is 0.436. The van der Waals surface area contributed by atoms with Gasteiger partial charge in [0.2, 0.25) is 5.91 Å². The van der Waals surface area contributed by atoms with Crippen LogP contribution in [0.4, 0.5) is 5.00 Å². The van der Waals surface area contributed by atoms with Gasteiger partial charge < -0.3 is 11.1 Å². The summed E-state index contributed by atoms with van der Waals surface area (Å²) in [5.41, 5.74) is 9.07. The quantitative estimate of drug-likeness (QED) is 0.471. The normalized spacial score (nSPS) is 17.0. The molecule has 3 amide bonds. The van der Waals surface area contributed by atoms with Gasteiger partial charge in [-0.25, -0.2) is 0 Å². The first kappa shape index (κ1) is 22.7. The van der Waals surface area contributed by atoms with Crippen LogP contribution in [-0.2, 0) is 22.4 Å². The van der Waals surface area contributed by atoms with E-state index >= 15 is 0 Å². The van der Waals surface area contributed by atoms with Crippen molar-refractivity contribution in [3.05, 3.63) is 56.3 Å². The van der Waals surface area contributed by atoms with E-state index in [1.165, 1.54) is 28.0 Å². The van der Waals surface area contributed by atoms with Crippen LogP contribution in [0, 0.1) is 6.92 Å². The number of anilines is 1. The lowest BCUT2D eigenvalue weighted by atomic mass is 9.95. The minimum atomic E-state index is -0.516. The molecule has 0 atom stereocenters. The molecule has 2 aliphatic rings. The Balaban J connectivity index is 1.41. The van der Waals surface area contributed by atoms with E-state index < -0.39 is 5.91 Å². The Labute approximate surface area is 200 Å². The van der Waals surface area contributed by atoms with Crippen LogP contribution in [-0.4, -0.2) is 33.5 Å². The van der Waals surface area contributed by atoms with Crippen molar-refractivity contribution < 1.29 is 14.4 Å². The smallest absolute Gasteiger partial charge is 0.266 e. The average molecular weight is 486 g/mol. The molecule has 6 nitrogen and oxygen atoms in total. The van der Waals surface area contributed by atoms with Gasteiger partial charge in [-0.15, -0.1) is 11.3 Å². The van der Waals surface area contributed by atoms with Gasteiger partial charge in [0, 0.05) is 17.8 Å². The summed E-state index contributed by atoms with van der Waals surface area (Å²) in [4.78, 5) is 40.5. The number of hydrogen-bond acceptors (Lipinski definition) is 6. The van der Waals surface area contributed by atoms with Crippen molar-refractivity contribution in [1.82, 2.24) is 4.90 Å². The number of thioether (sulfide) groups is 1. The third-order valence-corrected chi connectivity index (χ3v) is 8.07. The fourth-order valence-corrected chi connectivity index (χ4v) is 6.44. The molecule has 32 heavy (non-hydrogen) atoms. The number of nitrogens with one attached hydrogen (secondary N) is 1. The molecule has 2 heterocycles. The summed E-state index contributed by atoms with van der Waals surface area (Å²) in [6, 6.07) is 7.87. The molecule has 0 bridgehead atoms. The van der Waals surface area contributed by atoms with Crippen molar-refractivity contribution >= 4 is 68.4 Å². The number of carbonyl (C=O) groups is 3. The average Bonchev–Trinajstić information content (AvgIpc) is 3.24. The molecule has 0 spiro atoms. The van der Waals surface area contributed by atoms with Crippen LogP contribution in [0.2, 0.25) is 0 Å². The molecule has 0 unspecified atom stereocenters. The zero-order valence-electron chi connectivity index (χ0n) is 17.6. The number of nitrogens with two attached hydrogens (primary N) is 1. The van der Waals surface area contributed by atoms with Gasteiger partial charge in [-0.2, -0.15) is 0 Å². The van der Waals surface area contributed by atoms with Crippen molar-refractivity contribution in [3.8, 4) is 0 Å². The maximum absolute atomic E-state index is 12.8. The molecule has 1 aromatic carbocycles. The number of fused-ring (bicyclic) bond motifs is 1. The van der Waals surface area contributed by atoms with Crippen molar-refractivity contribution in [2.75, 3.05) is 11.9 Å². The maximum atomic E-state index is 12.8. The van der Waals surface area contributed by atoms with Gasteiger partial charge in [0.25, 0.3) is 11.8 Å². The second kappa shape index (κ2) is 9.56. The molecule has 9 heteroatoms. The van der Waals surface area contributed by atoms with Gasteiger partial charge in [0.15, 0.2) is 0 Å². The summed E-state index contributed by atoms with van der Waals surface area (Å²) >= 11 is 8.03. The molecule has 2 aromatic rings.